The fourth-order valence-electron chi connectivity index (χ4n) is 6.99. The maximum atomic E-state index is 5.63. The number of methoxy groups -OCH3 is 6. The van der Waals surface area contributed by atoms with Gasteiger partial charge in [-0.2, -0.15) is 0 Å². The van der Waals surface area contributed by atoms with Crippen LogP contribution in [0.25, 0.3) is 22.4 Å². The maximum absolute atomic E-state index is 5.63. The predicted molar refractivity (Wildman–Crippen MR) is 233 cm³/mol. The summed E-state index contributed by atoms with van der Waals surface area (Å²) in [6.45, 7) is 3.54. The highest BCUT2D eigenvalue weighted by Crippen LogP contribution is 2.42. The Morgan fingerprint density at radius 1 is 0.643 bits per heavy atom. The van der Waals surface area contributed by atoms with Crippen molar-refractivity contribution in [2.45, 2.75) is 36.9 Å². The highest BCUT2D eigenvalue weighted by atomic mass is 35.5. The fraction of sp³-hybridized carbons (Fsp3) is 0.333. The van der Waals surface area contributed by atoms with Crippen molar-refractivity contribution < 1.29 is 28.4 Å². The summed E-state index contributed by atoms with van der Waals surface area (Å²) >= 11 is 1.76. The van der Waals surface area contributed by atoms with E-state index in [4.69, 9.17) is 28.4 Å². The Morgan fingerprint density at radius 2 is 1.20 bits per heavy atom. The van der Waals surface area contributed by atoms with E-state index in [1.807, 2.05) is 42.9 Å². The molecular weight excluding hydrogens is 795 g/mol. The van der Waals surface area contributed by atoms with Crippen LogP contribution in [0.4, 0.5) is 5.69 Å². The Morgan fingerprint density at radius 3 is 1.71 bits per heavy atom. The number of halogens is 3. The summed E-state index contributed by atoms with van der Waals surface area (Å²) in [4.78, 5) is 15.7. The Hall–Kier alpha value is -4.26. The van der Waals surface area contributed by atoms with Crippen LogP contribution in [0.3, 0.4) is 0 Å². The van der Waals surface area contributed by atoms with E-state index in [0.29, 0.717) is 40.5 Å². The number of benzene rings is 3. The number of anilines is 1. The molecule has 0 atom stereocenters. The summed E-state index contributed by atoms with van der Waals surface area (Å²) in [6, 6.07) is 23.5. The third-order valence-corrected chi connectivity index (χ3v) is 10.5. The molecule has 3 aromatic carbocycles. The molecule has 14 heteroatoms. The van der Waals surface area contributed by atoms with Crippen molar-refractivity contribution in [2.75, 3.05) is 66.9 Å². The fourth-order valence-corrected chi connectivity index (χ4v) is 7.40. The lowest BCUT2D eigenvalue weighted by molar-refractivity contribution is 0.201. The average Bonchev–Trinajstić information content (AvgIpc) is 3.22. The van der Waals surface area contributed by atoms with Crippen LogP contribution in [0.2, 0.25) is 0 Å². The molecule has 1 aliphatic rings. The molecule has 0 N–H and O–H groups in total. The second kappa shape index (κ2) is 21.9. The third kappa shape index (κ3) is 10.6. The molecule has 5 aromatic rings. The molecule has 0 aliphatic carbocycles. The zero-order valence-electron chi connectivity index (χ0n) is 32.8. The van der Waals surface area contributed by atoms with Crippen molar-refractivity contribution in [3.8, 4) is 56.9 Å². The monoisotopic (exact) mass is 844 g/mol. The lowest BCUT2D eigenvalue weighted by atomic mass is 9.99. The molecular formula is C42H51Cl3N4O6S. The highest BCUT2D eigenvalue weighted by Gasteiger charge is 2.26. The first-order chi connectivity index (χ1) is 25.9. The first kappa shape index (κ1) is 46.1. The molecule has 56 heavy (non-hydrogen) atoms. The molecule has 6 rings (SSSR count). The first-order valence-electron chi connectivity index (χ1n) is 17.5. The molecule has 0 bridgehead atoms. The van der Waals surface area contributed by atoms with Crippen LogP contribution in [0.1, 0.15) is 24.0 Å². The van der Waals surface area contributed by atoms with Crippen LogP contribution < -0.4 is 33.3 Å². The van der Waals surface area contributed by atoms with Crippen molar-refractivity contribution in [1.29, 1.82) is 0 Å². The van der Waals surface area contributed by atoms with Gasteiger partial charge in [-0.05, 0) is 103 Å². The minimum absolute atomic E-state index is 0. The summed E-state index contributed by atoms with van der Waals surface area (Å²) in [5, 5.41) is 0. The van der Waals surface area contributed by atoms with Crippen LogP contribution in [0, 0.1) is 0 Å². The van der Waals surface area contributed by atoms with Gasteiger partial charge in [0.1, 0.15) is 0 Å². The van der Waals surface area contributed by atoms with Crippen LogP contribution >= 0.6 is 49.0 Å². The van der Waals surface area contributed by atoms with Gasteiger partial charge in [-0.1, -0.05) is 0 Å². The van der Waals surface area contributed by atoms with E-state index < -0.39 is 0 Å². The lowest BCUT2D eigenvalue weighted by Crippen LogP contribution is -2.44. The zero-order chi connectivity index (χ0) is 37.3. The molecule has 1 aliphatic heterocycles. The van der Waals surface area contributed by atoms with Crippen LogP contribution in [-0.2, 0) is 13.1 Å². The average molecular weight is 846 g/mol. The molecule has 1 saturated heterocycles. The van der Waals surface area contributed by atoms with Gasteiger partial charge in [0.25, 0.3) is 0 Å². The molecule has 0 unspecified atom stereocenters. The van der Waals surface area contributed by atoms with Gasteiger partial charge < -0.3 is 33.3 Å². The number of rotatable bonds is 15. The third-order valence-electron chi connectivity index (χ3n) is 9.74. The summed E-state index contributed by atoms with van der Waals surface area (Å²) in [5.41, 5.74) is 7.25. The number of nitrogens with zero attached hydrogens (tertiary/aromatic N) is 4. The molecule has 0 spiro atoms. The van der Waals surface area contributed by atoms with E-state index in [2.05, 4.69) is 68.5 Å². The molecule has 2 aromatic heterocycles. The second-order valence-electron chi connectivity index (χ2n) is 12.8. The van der Waals surface area contributed by atoms with Crippen molar-refractivity contribution >= 4 is 54.7 Å². The Bertz CT molecular complexity index is 1950. The molecule has 0 saturated carbocycles. The van der Waals surface area contributed by atoms with E-state index in [-0.39, 0.29) is 37.2 Å². The van der Waals surface area contributed by atoms with Gasteiger partial charge in [0.05, 0.1) is 48.4 Å². The highest BCUT2D eigenvalue weighted by molar-refractivity contribution is 7.98. The Labute approximate surface area is 353 Å². The lowest BCUT2D eigenvalue weighted by Gasteiger charge is -2.40. The predicted octanol–water partition coefficient (Wildman–Crippen LogP) is 9.52. The normalized spacial score (nSPS) is 12.6. The van der Waals surface area contributed by atoms with E-state index in [0.717, 1.165) is 67.0 Å². The topological polar surface area (TPSA) is 87.6 Å². The summed E-state index contributed by atoms with van der Waals surface area (Å²) in [7, 11) is 9.74. The van der Waals surface area contributed by atoms with Gasteiger partial charge >= 0.3 is 0 Å². The first-order valence-corrected chi connectivity index (χ1v) is 18.8. The van der Waals surface area contributed by atoms with Crippen molar-refractivity contribution in [2.24, 2.45) is 0 Å². The van der Waals surface area contributed by atoms with E-state index >= 15 is 0 Å². The van der Waals surface area contributed by atoms with Crippen LogP contribution in [-0.4, -0.2) is 82.9 Å². The molecule has 3 heterocycles. The minimum atomic E-state index is 0. The van der Waals surface area contributed by atoms with Gasteiger partial charge in [0, 0.05) is 72.5 Å². The Kier molecular flexibility index (Phi) is 18.0. The summed E-state index contributed by atoms with van der Waals surface area (Å²) < 4.78 is 33.5. The number of thioether (sulfide) groups is 1. The van der Waals surface area contributed by atoms with Gasteiger partial charge in [0.15, 0.2) is 23.0 Å². The van der Waals surface area contributed by atoms with Crippen molar-refractivity contribution in [1.82, 2.24) is 14.9 Å². The molecule has 0 amide bonds. The number of hydrogen-bond donors (Lipinski definition) is 0. The van der Waals surface area contributed by atoms with E-state index in [1.54, 1.807) is 54.4 Å². The van der Waals surface area contributed by atoms with Gasteiger partial charge in [-0.15, -0.1) is 49.0 Å². The molecule has 0 radical (unpaired) electrons. The number of ether oxygens (including phenoxy) is 6. The largest absolute Gasteiger partial charge is 0.493 e. The van der Waals surface area contributed by atoms with E-state index in [9.17, 15) is 0 Å². The molecule has 1 fully saturated rings. The van der Waals surface area contributed by atoms with E-state index in [1.165, 1.54) is 16.1 Å². The maximum Gasteiger partial charge on any atom is 0.203 e. The SMILES string of the molecule is COc1cc(-c2cncc(CN(c3ccc(SC)cc3)C3CCN(Cc4ccnc(-c5cc(OC)c(OC)c(OC)c5)c4)CC3)c2)cc(OC)c1OC.Cl.Cl.Cl. The van der Waals surface area contributed by atoms with Gasteiger partial charge in [0.2, 0.25) is 11.5 Å². The smallest absolute Gasteiger partial charge is 0.203 e. The van der Waals surface area contributed by atoms with Crippen molar-refractivity contribution in [3.05, 3.63) is 96.4 Å². The van der Waals surface area contributed by atoms with Crippen LogP contribution in [0.15, 0.2) is 90.2 Å². The standard InChI is InChI=1S/C42H48N4O6S.3ClH/c1-47-37-20-30(21-38(48-2)41(37)51-5)32-18-29(24-43-25-32)27-46(33-8-10-35(53-7)11-9-33)34-13-16-45(17-14-34)26-28-12-15-44-36(19-28)31-22-39(49-3)42(52-6)40(23-31)50-4;;;/h8-12,15,18-25,34H,13-14,16-17,26-27H2,1-7H3;3*1H. The number of likely N-dealkylation sites (tertiary alicyclic amines) is 1. The van der Waals surface area contributed by atoms with Gasteiger partial charge in [-0.3, -0.25) is 14.9 Å². The zero-order valence-corrected chi connectivity index (χ0v) is 36.0. The van der Waals surface area contributed by atoms with Crippen LogP contribution in [0.5, 0.6) is 34.5 Å². The quantitative estimate of drug-likeness (QED) is 0.0945. The second-order valence-corrected chi connectivity index (χ2v) is 13.7. The minimum Gasteiger partial charge on any atom is -0.493 e. The molecule has 302 valence electrons. The summed E-state index contributed by atoms with van der Waals surface area (Å²) in [6.07, 6.45) is 9.91. The van der Waals surface area contributed by atoms with Gasteiger partial charge in [-0.25, -0.2) is 0 Å². The number of piperidine rings is 1. The molecule has 10 nitrogen and oxygen atoms in total. The number of pyridine rings is 2. The summed E-state index contributed by atoms with van der Waals surface area (Å²) in [5.74, 6) is 3.56. The number of hydrogen-bond acceptors (Lipinski definition) is 11. The van der Waals surface area contributed by atoms with Crippen molar-refractivity contribution in [3.63, 3.8) is 0 Å². The number of aromatic nitrogens is 2. The Balaban J connectivity index is 0.00000280.